The van der Waals surface area contributed by atoms with E-state index in [9.17, 15) is 0 Å². The summed E-state index contributed by atoms with van der Waals surface area (Å²) >= 11 is 0. The molecule has 0 bridgehead atoms. The van der Waals surface area contributed by atoms with Crippen molar-refractivity contribution in [2.45, 2.75) is 12.5 Å². The van der Waals surface area contributed by atoms with Crippen molar-refractivity contribution in [2.75, 3.05) is 40.0 Å². The molecule has 0 radical (unpaired) electrons. The van der Waals surface area contributed by atoms with Crippen LogP contribution in [-0.2, 0) is 4.74 Å². The number of hydrazine groups is 1. The van der Waals surface area contributed by atoms with Crippen LogP contribution in [0.2, 0.25) is 0 Å². The molecule has 0 amide bonds. The molecule has 1 N–H and O–H groups in total. The van der Waals surface area contributed by atoms with Gasteiger partial charge in [0.15, 0.2) is 0 Å². The van der Waals surface area contributed by atoms with Crippen molar-refractivity contribution in [3.63, 3.8) is 0 Å². The van der Waals surface area contributed by atoms with Gasteiger partial charge in [-0.3, -0.25) is 0 Å². The van der Waals surface area contributed by atoms with E-state index in [1.807, 2.05) is 12.1 Å². The van der Waals surface area contributed by atoms with Crippen LogP contribution in [-0.4, -0.2) is 45.0 Å². The van der Waals surface area contributed by atoms with Crippen molar-refractivity contribution in [3.8, 4) is 11.5 Å². The van der Waals surface area contributed by atoms with Crippen LogP contribution >= 0.6 is 0 Å². The number of hydrogen-bond acceptors (Lipinski definition) is 5. The Hall–Kier alpha value is -1.30. The number of nitrogens with one attached hydrogen (secondary N) is 1. The minimum Gasteiger partial charge on any atom is -0.497 e. The molecule has 0 aromatic heterocycles. The first kappa shape index (κ1) is 12.7. The molecule has 1 aromatic rings. The maximum Gasteiger partial charge on any atom is 0.124 e. The summed E-state index contributed by atoms with van der Waals surface area (Å²) < 4.78 is 16.4. The Bertz CT molecular complexity index is 433. The minimum absolute atomic E-state index is 0.289. The number of nitrogens with zero attached hydrogens (tertiary/aromatic N) is 1. The predicted molar refractivity (Wildman–Crippen MR) is 71.4 cm³/mol. The molecule has 2 heterocycles. The van der Waals surface area contributed by atoms with E-state index >= 15 is 0 Å². The van der Waals surface area contributed by atoms with Crippen molar-refractivity contribution >= 4 is 0 Å². The minimum atomic E-state index is 0.289. The Labute approximate surface area is 113 Å². The zero-order valence-electron chi connectivity index (χ0n) is 11.2. The topological polar surface area (TPSA) is 43.0 Å². The first-order valence-electron chi connectivity index (χ1n) is 6.76. The first-order chi connectivity index (χ1) is 9.36. The predicted octanol–water partition coefficient (Wildman–Crippen LogP) is 1.36. The van der Waals surface area contributed by atoms with Crippen molar-refractivity contribution in [3.05, 3.63) is 23.8 Å². The van der Waals surface area contributed by atoms with Crippen molar-refractivity contribution < 1.29 is 14.2 Å². The molecule has 19 heavy (non-hydrogen) atoms. The van der Waals surface area contributed by atoms with Gasteiger partial charge in [-0.2, -0.15) is 0 Å². The second-order valence-electron chi connectivity index (χ2n) is 4.82. The second-order valence-corrected chi connectivity index (χ2v) is 4.82. The molecule has 1 fully saturated rings. The number of rotatable bonds is 3. The molecule has 1 aromatic carbocycles. The molecule has 2 aliphatic heterocycles. The summed E-state index contributed by atoms with van der Waals surface area (Å²) in [6, 6.07) is 6.28. The lowest BCUT2D eigenvalue weighted by atomic mass is 10.0. The zero-order chi connectivity index (χ0) is 13.1. The number of morpholine rings is 1. The van der Waals surface area contributed by atoms with Crippen LogP contribution in [0.15, 0.2) is 18.2 Å². The highest BCUT2D eigenvalue weighted by Crippen LogP contribution is 2.34. The molecule has 3 rings (SSSR count). The highest BCUT2D eigenvalue weighted by Gasteiger charge is 2.24. The van der Waals surface area contributed by atoms with Crippen molar-refractivity contribution in [1.29, 1.82) is 0 Å². The Morgan fingerprint density at radius 2 is 2.11 bits per heavy atom. The molecule has 0 spiro atoms. The van der Waals surface area contributed by atoms with Gasteiger partial charge in [0.1, 0.15) is 11.5 Å². The Morgan fingerprint density at radius 3 is 2.89 bits per heavy atom. The third-order valence-electron chi connectivity index (χ3n) is 3.61. The van der Waals surface area contributed by atoms with Gasteiger partial charge in [0.2, 0.25) is 0 Å². The molecular formula is C14H20N2O3. The molecule has 0 aliphatic carbocycles. The quantitative estimate of drug-likeness (QED) is 0.893. The molecule has 2 aliphatic rings. The summed E-state index contributed by atoms with van der Waals surface area (Å²) in [5.74, 6) is 1.83. The number of methoxy groups -OCH3 is 1. The van der Waals surface area contributed by atoms with Gasteiger partial charge in [-0.25, -0.2) is 10.4 Å². The fraction of sp³-hybridized carbons (Fsp3) is 0.571. The number of hydrogen-bond donors (Lipinski definition) is 1. The van der Waals surface area contributed by atoms with Gasteiger partial charge in [0.25, 0.3) is 0 Å². The Balaban J connectivity index is 1.76. The Kier molecular flexibility index (Phi) is 3.87. The van der Waals surface area contributed by atoms with Gasteiger partial charge in [0, 0.05) is 25.1 Å². The van der Waals surface area contributed by atoms with Crippen LogP contribution < -0.4 is 14.9 Å². The van der Waals surface area contributed by atoms with Crippen LogP contribution in [0.1, 0.15) is 18.0 Å². The smallest absolute Gasteiger partial charge is 0.124 e. The number of benzene rings is 1. The van der Waals surface area contributed by atoms with E-state index in [1.165, 1.54) is 5.56 Å². The van der Waals surface area contributed by atoms with Gasteiger partial charge < -0.3 is 14.2 Å². The molecule has 1 unspecified atom stereocenters. The first-order valence-corrected chi connectivity index (χ1v) is 6.76. The average Bonchev–Trinajstić information content (AvgIpc) is 2.48. The second kappa shape index (κ2) is 5.77. The molecule has 5 heteroatoms. The van der Waals surface area contributed by atoms with Crippen LogP contribution in [0.25, 0.3) is 0 Å². The summed E-state index contributed by atoms with van der Waals surface area (Å²) in [4.78, 5) is 0. The van der Waals surface area contributed by atoms with Gasteiger partial charge in [0.05, 0.1) is 33.0 Å². The van der Waals surface area contributed by atoms with E-state index in [0.29, 0.717) is 0 Å². The fourth-order valence-electron chi connectivity index (χ4n) is 2.55. The van der Waals surface area contributed by atoms with E-state index < -0.39 is 0 Å². The normalized spacial score (nSPS) is 23.5. The largest absolute Gasteiger partial charge is 0.497 e. The van der Waals surface area contributed by atoms with E-state index in [2.05, 4.69) is 16.5 Å². The summed E-state index contributed by atoms with van der Waals surface area (Å²) in [5.41, 5.74) is 4.76. The van der Waals surface area contributed by atoms with Crippen LogP contribution in [0, 0.1) is 0 Å². The molecule has 0 saturated carbocycles. The van der Waals surface area contributed by atoms with E-state index in [4.69, 9.17) is 14.2 Å². The van der Waals surface area contributed by atoms with E-state index in [1.54, 1.807) is 7.11 Å². The van der Waals surface area contributed by atoms with Crippen LogP contribution in [0.4, 0.5) is 0 Å². The van der Waals surface area contributed by atoms with Crippen LogP contribution in [0.5, 0.6) is 11.5 Å². The molecule has 1 atom stereocenters. The lowest BCUT2D eigenvalue weighted by Gasteiger charge is -2.34. The van der Waals surface area contributed by atoms with Gasteiger partial charge in [-0.1, -0.05) is 0 Å². The summed E-state index contributed by atoms with van der Waals surface area (Å²) in [6.45, 7) is 4.19. The summed E-state index contributed by atoms with van der Waals surface area (Å²) in [6.07, 6.45) is 0.970. The maximum absolute atomic E-state index is 5.70. The molecular weight excluding hydrogens is 244 g/mol. The summed E-state index contributed by atoms with van der Waals surface area (Å²) in [7, 11) is 1.69. The van der Waals surface area contributed by atoms with Gasteiger partial charge in [-0.05, 0) is 18.2 Å². The fourth-order valence-corrected chi connectivity index (χ4v) is 2.55. The van der Waals surface area contributed by atoms with Crippen LogP contribution in [0.3, 0.4) is 0 Å². The summed E-state index contributed by atoms with van der Waals surface area (Å²) in [5, 5.41) is 2.24. The number of ether oxygens (including phenoxy) is 3. The van der Waals surface area contributed by atoms with Crippen molar-refractivity contribution in [2.24, 2.45) is 0 Å². The average molecular weight is 264 g/mol. The highest BCUT2D eigenvalue weighted by molar-refractivity contribution is 5.43. The third-order valence-corrected chi connectivity index (χ3v) is 3.61. The lowest BCUT2D eigenvalue weighted by molar-refractivity contribution is -0.000211. The highest BCUT2D eigenvalue weighted by atomic mass is 16.5. The maximum atomic E-state index is 5.70. The van der Waals surface area contributed by atoms with Gasteiger partial charge in [-0.15, -0.1) is 0 Å². The van der Waals surface area contributed by atoms with E-state index in [-0.39, 0.29) is 6.04 Å². The molecule has 5 nitrogen and oxygen atoms in total. The van der Waals surface area contributed by atoms with E-state index in [0.717, 1.165) is 50.8 Å². The Morgan fingerprint density at radius 1 is 1.26 bits per heavy atom. The SMILES string of the molecule is COc1ccc2c(c1)C(NN1CCOCC1)CCO2. The van der Waals surface area contributed by atoms with Crippen molar-refractivity contribution in [1.82, 2.24) is 10.4 Å². The standard InChI is InChI=1S/C14H20N2O3/c1-17-11-2-3-14-12(10-11)13(4-7-19-14)15-16-5-8-18-9-6-16/h2-3,10,13,15H,4-9H2,1H3. The zero-order valence-corrected chi connectivity index (χ0v) is 11.2. The van der Waals surface area contributed by atoms with Gasteiger partial charge >= 0.3 is 0 Å². The monoisotopic (exact) mass is 264 g/mol. The molecule has 104 valence electrons. The lowest BCUT2D eigenvalue weighted by Crippen LogP contribution is -2.48. The third kappa shape index (κ3) is 2.83. The molecule has 1 saturated heterocycles. The number of fused-ring (bicyclic) bond motifs is 1.